The summed E-state index contributed by atoms with van der Waals surface area (Å²) in [4.78, 5) is 28.4. The second kappa shape index (κ2) is 6.66. The Morgan fingerprint density at radius 1 is 1.35 bits per heavy atom. The van der Waals surface area contributed by atoms with E-state index in [-0.39, 0.29) is 17.9 Å². The first kappa shape index (κ1) is 15.9. The van der Waals surface area contributed by atoms with Crippen molar-refractivity contribution in [3.8, 4) is 0 Å². The molecular weight excluding hydrogens is 297 g/mol. The number of nitrogens with zero attached hydrogens (tertiary/aromatic N) is 2. The van der Waals surface area contributed by atoms with Crippen LogP contribution >= 0.6 is 0 Å². The van der Waals surface area contributed by atoms with Crippen molar-refractivity contribution < 1.29 is 14.0 Å². The lowest BCUT2D eigenvalue weighted by Gasteiger charge is -2.41. The van der Waals surface area contributed by atoms with Gasteiger partial charge in [-0.2, -0.15) is 0 Å². The van der Waals surface area contributed by atoms with Crippen molar-refractivity contribution in [3.05, 3.63) is 35.1 Å². The van der Waals surface area contributed by atoms with E-state index in [4.69, 9.17) is 0 Å². The van der Waals surface area contributed by atoms with Gasteiger partial charge in [0.25, 0.3) is 5.91 Å². The Morgan fingerprint density at radius 2 is 2.17 bits per heavy atom. The van der Waals surface area contributed by atoms with Gasteiger partial charge in [0.1, 0.15) is 5.82 Å². The molecule has 1 aromatic rings. The molecule has 0 bridgehead atoms. The van der Waals surface area contributed by atoms with Gasteiger partial charge in [-0.3, -0.25) is 9.59 Å². The number of aryl methyl sites for hydroxylation is 1. The fourth-order valence-electron chi connectivity index (χ4n) is 3.40. The van der Waals surface area contributed by atoms with Gasteiger partial charge in [-0.05, 0) is 37.5 Å². The molecule has 0 aromatic heterocycles. The normalized spacial score (nSPS) is 22.3. The first-order chi connectivity index (χ1) is 11.1. The molecule has 1 N–H and O–H groups in total. The summed E-state index contributed by atoms with van der Waals surface area (Å²) in [7, 11) is 0. The number of nitrogens with one attached hydrogen (secondary N) is 1. The number of amides is 2. The monoisotopic (exact) mass is 319 g/mol. The smallest absolute Gasteiger partial charge is 0.254 e. The largest absolute Gasteiger partial charge is 0.337 e. The van der Waals surface area contributed by atoms with Crippen LogP contribution in [0.5, 0.6) is 0 Å². The van der Waals surface area contributed by atoms with E-state index in [9.17, 15) is 14.0 Å². The summed E-state index contributed by atoms with van der Waals surface area (Å²) in [6, 6.07) is 4.36. The average molecular weight is 319 g/mol. The lowest BCUT2D eigenvalue weighted by molar-refractivity contribution is -0.135. The van der Waals surface area contributed by atoms with Crippen LogP contribution in [0.15, 0.2) is 18.2 Å². The summed E-state index contributed by atoms with van der Waals surface area (Å²) in [6.45, 7) is 4.84. The maximum atomic E-state index is 13.5. The number of piperazine rings is 1. The van der Waals surface area contributed by atoms with Gasteiger partial charge < -0.3 is 15.1 Å². The lowest BCUT2D eigenvalue weighted by Crippen LogP contribution is -2.57. The number of likely N-dealkylation sites (tertiary alicyclic amines) is 1. The van der Waals surface area contributed by atoms with Crippen LogP contribution in [-0.4, -0.2) is 60.4 Å². The maximum absolute atomic E-state index is 13.5. The Hall–Kier alpha value is -1.95. The van der Waals surface area contributed by atoms with E-state index in [2.05, 4.69) is 5.32 Å². The third-order valence-electron chi connectivity index (χ3n) is 4.68. The van der Waals surface area contributed by atoms with E-state index in [1.54, 1.807) is 11.0 Å². The quantitative estimate of drug-likeness (QED) is 0.890. The molecule has 5 nitrogen and oxygen atoms in total. The topological polar surface area (TPSA) is 52.7 Å². The van der Waals surface area contributed by atoms with Crippen molar-refractivity contribution >= 4 is 11.8 Å². The minimum Gasteiger partial charge on any atom is -0.337 e. The molecule has 2 fully saturated rings. The number of rotatable bonds is 2. The molecule has 2 aliphatic heterocycles. The van der Waals surface area contributed by atoms with Crippen molar-refractivity contribution in [1.82, 2.24) is 15.1 Å². The van der Waals surface area contributed by atoms with E-state index in [1.807, 2.05) is 11.8 Å². The molecule has 124 valence electrons. The molecule has 0 saturated carbocycles. The number of hydrogen-bond acceptors (Lipinski definition) is 3. The Kier molecular flexibility index (Phi) is 4.61. The highest BCUT2D eigenvalue weighted by atomic mass is 19.1. The number of carbonyl (C=O) groups is 2. The number of halogens is 1. The molecule has 1 aromatic carbocycles. The van der Waals surface area contributed by atoms with Gasteiger partial charge in [0.2, 0.25) is 5.91 Å². The Balaban J connectivity index is 1.74. The molecule has 0 spiro atoms. The summed E-state index contributed by atoms with van der Waals surface area (Å²) in [6.07, 6.45) is 1.78. The summed E-state index contributed by atoms with van der Waals surface area (Å²) < 4.78 is 13.5. The fraction of sp³-hybridized carbons (Fsp3) is 0.529. The molecule has 2 heterocycles. The van der Waals surface area contributed by atoms with Gasteiger partial charge in [0.15, 0.2) is 0 Å². The molecule has 1 unspecified atom stereocenters. The Morgan fingerprint density at radius 3 is 2.96 bits per heavy atom. The highest BCUT2D eigenvalue weighted by Crippen LogP contribution is 2.20. The van der Waals surface area contributed by atoms with Gasteiger partial charge in [-0.15, -0.1) is 0 Å². The summed E-state index contributed by atoms with van der Waals surface area (Å²) in [5.41, 5.74) is 1.19. The maximum Gasteiger partial charge on any atom is 0.254 e. The fourth-order valence-corrected chi connectivity index (χ4v) is 3.40. The van der Waals surface area contributed by atoms with Crippen LogP contribution in [0.4, 0.5) is 4.39 Å². The molecule has 0 aliphatic carbocycles. The van der Waals surface area contributed by atoms with Gasteiger partial charge in [0.05, 0.1) is 6.54 Å². The standard InChI is InChI=1S/C17H22FN3O2/c1-12-4-5-13(18)9-15(12)17(23)20-7-2-3-14(11-20)21-8-6-19-10-16(21)22/h4-5,9,14,19H,2-3,6-8,10-11H2,1H3. The highest BCUT2D eigenvalue weighted by Gasteiger charge is 2.32. The van der Waals surface area contributed by atoms with Crippen LogP contribution in [0, 0.1) is 12.7 Å². The second-order valence-corrected chi connectivity index (χ2v) is 6.27. The minimum absolute atomic E-state index is 0.0659. The van der Waals surface area contributed by atoms with Crippen LogP contribution in [0.3, 0.4) is 0 Å². The van der Waals surface area contributed by atoms with E-state index >= 15 is 0 Å². The Labute approximate surface area is 135 Å². The van der Waals surface area contributed by atoms with E-state index in [1.165, 1.54) is 12.1 Å². The van der Waals surface area contributed by atoms with E-state index < -0.39 is 5.82 Å². The molecule has 2 amide bonds. The predicted octanol–water partition coefficient (Wildman–Crippen LogP) is 1.17. The number of hydrogen-bond donors (Lipinski definition) is 1. The lowest BCUT2D eigenvalue weighted by atomic mass is 10.0. The van der Waals surface area contributed by atoms with Crippen LogP contribution in [0.1, 0.15) is 28.8 Å². The average Bonchev–Trinajstić information content (AvgIpc) is 2.57. The summed E-state index contributed by atoms with van der Waals surface area (Å²) in [5, 5.41) is 3.06. The first-order valence-corrected chi connectivity index (χ1v) is 8.12. The summed E-state index contributed by atoms with van der Waals surface area (Å²) in [5.74, 6) is -0.448. The zero-order chi connectivity index (χ0) is 16.4. The van der Waals surface area contributed by atoms with E-state index in [0.717, 1.165) is 24.9 Å². The molecule has 6 heteroatoms. The van der Waals surface area contributed by atoms with Crippen LogP contribution in [0.2, 0.25) is 0 Å². The van der Waals surface area contributed by atoms with Crippen LogP contribution in [-0.2, 0) is 4.79 Å². The van der Waals surface area contributed by atoms with Crippen molar-refractivity contribution in [1.29, 1.82) is 0 Å². The van der Waals surface area contributed by atoms with Crippen molar-refractivity contribution in [2.24, 2.45) is 0 Å². The van der Waals surface area contributed by atoms with Gasteiger partial charge in [-0.25, -0.2) is 4.39 Å². The zero-order valence-electron chi connectivity index (χ0n) is 13.3. The first-order valence-electron chi connectivity index (χ1n) is 8.12. The van der Waals surface area contributed by atoms with Gasteiger partial charge in [0, 0.05) is 37.8 Å². The van der Waals surface area contributed by atoms with Crippen molar-refractivity contribution in [2.45, 2.75) is 25.8 Å². The predicted molar refractivity (Wildman–Crippen MR) is 84.6 cm³/mol. The molecule has 2 aliphatic rings. The molecule has 0 radical (unpaired) electrons. The van der Waals surface area contributed by atoms with Crippen molar-refractivity contribution in [3.63, 3.8) is 0 Å². The third-order valence-corrected chi connectivity index (χ3v) is 4.68. The molecule has 2 saturated heterocycles. The van der Waals surface area contributed by atoms with Crippen LogP contribution < -0.4 is 5.32 Å². The van der Waals surface area contributed by atoms with Gasteiger partial charge in [-0.1, -0.05) is 6.07 Å². The highest BCUT2D eigenvalue weighted by molar-refractivity contribution is 5.95. The SMILES string of the molecule is Cc1ccc(F)cc1C(=O)N1CCCC(N2CCNCC2=O)C1. The number of carbonyl (C=O) groups excluding carboxylic acids is 2. The number of piperidine rings is 1. The van der Waals surface area contributed by atoms with Crippen molar-refractivity contribution in [2.75, 3.05) is 32.7 Å². The third kappa shape index (κ3) is 3.37. The second-order valence-electron chi connectivity index (χ2n) is 6.27. The Bertz CT molecular complexity index is 620. The zero-order valence-corrected chi connectivity index (χ0v) is 13.3. The summed E-state index contributed by atoms with van der Waals surface area (Å²) >= 11 is 0. The molecule has 1 atom stereocenters. The minimum atomic E-state index is -0.398. The molecule has 23 heavy (non-hydrogen) atoms. The molecule has 3 rings (SSSR count). The number of benzene rings is 1. The molecular formula is C17H22FN3O2. The van der Waals surface area contributed by atoms with Gasteiger partial charge >= 0.3 is 0 Å². The van der Waals surface area contributed by atoms with E-state index in [0.29, 0.717) is 31.7 Å². The van der Waals surface area contributed by atoms with Crippen LogP contribution in [0.25, 0.3) is 0 Å².